The van der Waals surface area contributed by atoms with Crippen molar-refractivity contribution >= 4 is 34.1 Å². The van der Waals surface area contributed by atoms with E-state index in [1.165, 1.54) is 0 Å². The molecule has 0 unspecified atom stereocenters. The van der Waals surface area contributed by atoms with Gasteiger partial charge >= 0.3 is 5.91 Å². The number of halogens is 1. The first-order valence-corrected chi connectivity index (χ1v) is 8.50. The number of hydrogen-bond donors (Lipinski definition) is 1. The van der Waals surface area contributed by atoms with Gasteiger partial charge in [0, 0.05) is 16.5 Å². The molecule has 7 heteroatoms. The van der Waals surface area contributed by atoms with E-state index < -0.39 is 5.91 Å². The highest BCUT2D eigenvalue weighted by atomic mass is 35.5. The SMILES string of the molecule is CC(C)n1c(O)c(N=NC(=O)COc2ccc(Cl)cc2)c2ccccc21. The number of azo groups is 1. The van der Waals surface area contributed by atoms with E-state index in [0.717, 1.165) is 10.9 Å². The van der Waals surface area contributed by atoms with Gasteiger partial charge in [-0.2, -0.15) is 0 Å². The Kier molecular flexibility index (Phi) is 5.23. The lowest BCUT2D eigenvalue weighted by atomic mass is 10.2. The van der Waals surface area contributed by atoms with E-state index in [2.05, 4.69) is 10.2 Å². The van der Waals surface area contributed by atoms with Crippen LogP contribution < -0.4 is 4.74 Å². The molecule has 26 heavy (non-hydrogen) atoms. The standard InChI is InChI=1S/C19H18ClN3O3/c1-12(2)23-16-6-4-3-5-15(16)18(19(23)25)22-21-17(24)11-26-14-9-7-13(20)8-10-14/h3-10,12,25H,11H2,1-2H3. The number of amides is 1. The average Bonchev–Trinajstić information content (AvgIpc) is 2.91. The van der Waals surface area contributed by atoms with E-state index in [9.17, 15) is 9.90 Å². The molecule has 1 aromatic heterocycles. The highest BCUT2D eigenvalue weighted by Gasteiger charge is 2.18. The van der Waals surface area contributed by atoms with Gasteiger partial charge in [0.25, 0.3) is 0 Å². The molecule has 1 heterocycles. The number of aromatic hydroxyl groups is 1. The lowest BCUT2D eigenvalue weighted by Gasteiger charge is -2.10. The van der Waals surface area contributed by atoms with Crippen molar-refractivity contribution in [2.24, 2.45) is 10.2 Å². The third-order valence-electron chi connectivity index (χ3n) is 3.81. The van der Waals surface area contributed by atoms with Crippen molar-refractivity contribution in [1.29, 1.82) is 0 Å². The van der Waals surface area contributed by atoms with Gasteiger partial charge in [0.15, 0.2) is 12.3 Å². The van der Waals surface area contributed by atoms with E-state index in [4.69, 9.17) is 16.3 Å². The topological polar surface area (TPSA) is 76.2 Å². The van der Waals surface area contributed by atoms with Crippen molar-refractivity contribution in [2.45, 2.75) is 19.9 Å². The van der Waals surface area contributed by atoms with Gasteiger partial charge in [0.05, 0.1) is 5.52 Å². The second-order valence-electron chi connectivity index (χ2n) is 5.99. The molecule has 0 saturated carbocycles. The van der Waals surface area contributed by atoms with Gasteiger partial charge in [-0.3, -0.25) is 4.79 Å². The molecular weight excluding hydrogens is 354 g/mol. The maximum atomic E-state index is 11.9. The number of fused-ring (bicyclic) bond motifs is 1. The van der Waals surface area contributed by atoms with Gasteiger partial charge in [-0.1, -0.05) is 29.8 Å². The molecule has 134 valence electrons. The second-order valence-corrected chi connectivity index (χ2v) is 6.43. The zero-order chi connectivity index (χ0) is 18.7. The van der Waals surface area contributed by atoms with Gasteiger partial charge < -0.3 is 14.4 Å². The Bertz CT molecular complexity index is 962. The number of carbonyl (C=O) groups is 1. The fraction of sp³-hybridized carbons (Fsp3) is 0.211. The number of carbonyl (C=O) groups excluding carboxylic acids is 1. The quantitative estimate of drug-likeness (QED) is 0.620. The van der Waals surface area contributed by atoms with Crippen molar-refractivity contribution in [2.75, 3.05) is 6.61 Å². The third kappa shape index (κ3) is 3.70. The molecule has 2 aromatic carbocycles. The summed E-state index contributed by atoms with van der Waals surface area (Å²) in [4.78, 5) is 11.9. The van der Waals surface area contributed by atoms with Gasteiger partial charge in [-0.05, 0) is 44.2 Å². The van der Waals surface area contributed by atoms with Crippen LogP contribution >= 0.6 is 11.6 Å². The van der Waals surface area contributed by atoms with Crippen LogP contribution in [0.5, 0.6) is 11.6 Å². The number of ether oxygens (including phenoxy) is 1. The first kappa shape index (κ1) is 17.9. The Morgan fingerprint density at radius 2 is 1.88 bits per heavy atom. The summed E-state index contributed by atoms with van der Waals surface area (Å²) in [6, 6.07) is 14.1. The Balaban J connectivity index is 1.78. The predicted octanol–water partition coefficient (Wildman–Crippen LogP) is 5.27. The van der Waals surface area contributed by atoms with E-state index in [0.29, 0.717) is 10.8 Å². The van der Waals surface area contributed by atoms with E-state index >= 15 is 0 Å². The molecule has 3 aromatic rings. The molecule has 6 nitrogen and oxygen atoms in total. The first-order chi connectivity index (χ1) is 12.5. The molecule has 0 spiro atoms. The van der Waals surface area contributed by atoms with Crippen LogP contribution in [0.4, 0.5) is 5.69 Å². The molecule has 0 saturated heterocycles. The number of rotatable bonds is 5. The molecule has 0 fully saturated rings. The summed E-state index contributed by atoms with van der Waals surface area (Å²) in [5.74, 6) is -0.0608. The predicted molar refractivity (Wildman–Crippen MR) is 100 cm³/mol. The smallest absolute Gasteiger partial charge is 0.302 e. The van der Waals surface area contributed by atoms with Crippen LogP contribution in [0.1, 0.15) is 19.9 Å². The Labute approximate surface area is 155 Å². The van der Waals surface area contributed by atoms with E-state index in [-0.39, 0.29) is 24.2 Å². The summed E-state index contributed by atoms with van der Waals surface area (Å²) in [5, 5.41) is 19.4. The van der Waals surface area contributed by atoms with Crippen LogP contribution in [-0.4, -0.2) is 22.2 Å². The number of aromatic nitrogens is 1. The maximum Gasteiger partial charge on any atom is 0.302 e. The number of hydrogen-bond acceptors (Lipinski definition) is 4. The molecule has 1 amide bonds. The Hall–Kier alpha value is -2.86. The molecule has 1 N–H and O–H groups in total. The molecular formula is C19H18ClN3O3. The zero-order valence-electron chi connectivity index (χ0n) is 14.4. The zero-order valence-corrected chi connectivity index (χ0v) is 15.1. The summed E-state index contributed by atoms with van der Waals surface area (Å²) < 4.78 is 7.09. The normalized spacial score (nSPS) is 11.5. The van der Waals surface area contributed by atoms with Gasteiger partial charge in [-0.25, -0.2) is 0 Å². The van der Waals surface area contributed by atoms with Crippen molar-refractivity contribution in [1.82, 2.24) is 4.57 Å². The van der Waals surface area contributed by atoms with Crippen molar-refractivity contribution in [3.05, 3.63) is 53.6 Å². The molecule has 0 radical (unpaired) electrons. The number of nitrogens with zero attached hydrogens (tertiary/aromatic N) is 3. The summed E-state index contributed by atoms with van der Waals surface area (Å²) in [6.45, 7) is 3.66. The Morgan fingerprint density at radius 1 is 1.19 bits per heavy atom. The maximum absolute atomic E-state index is 11.9. The summed E-state index contributed by atoms with van der Waals surface area (Å²) in [6.07, 6.45) is 0. The number of para-hydroxylation sites is 1. The highest BCUT2D eigenvalue weighted by Crippen LogP contribution is 2.40. The average molecular weight is 372 g/mol. The van der Waals surface area contributed by atoms with Gasteiger partial charge in [0.2, 0.25) is 5.88 Å². The number of benzene rings is 2. The summed E-state index contributed by atoms with van der Waals surface area (Å²) >= 11 is 5.80. The van der Waals surface area contributed by atoms with E-state index in [1.807, 2.05) is 38.1 Å². The lowest BCUT2D eigenvalue weighted by Crippen LogP contribution is -2.07. The van der Waals surface area contributed by atoms with Crippen LogP contribution in [0.15, 0.2) is 58.8 Å². The van der Waals surface area contributed by atoms with Crippen LogP contribution in [0, 0.1) is 0 Å². The van der Waals surface area contributed by atoms with E-state index in [1.54, 1.807) is 28.8 Å². The first-order valence-electron chi connectivity index (χ1n) is 8.12. The molecule has 0 bridgehead atoms. The monoisotopic (exact) mass is 371 g/mol. The van der Waals surface area contributed by atoms with Crippen LogP contribution in [0.2, 0.25) is 5.02 Å². The largest absolute Gasteiger partial charge is 0.493 e. The molecule has 0 aliphatic heterocycles. The van der Waals surface area contributed by atoms with Crippen molar-refractivity contribution < 1.29 is 14.6 Å². The van der Waals surface area contributed by atoms with Crippen LogP contribution in [-0.2, 0) is 4.79 Å². The van der Waals surface area contributed by atoms with Crippen LogP contribution in [0.25, 0.3) is 10.9 Å². The fourth-order valence-electron chi connectivity index (χ4n) is 2.66. The van der Waals surface area contributed by atoms with Gasteiger partial charge in [-0.15, -0.1) is 10.2 Å². The minimum atomic E-state index is -0.555. The fourth-order valence-corrected chi connectivity index (χ4v) is 2.79. The Morgan fingerprint density at radius 3 is 2.58 bits per heavy atom. The molecule has 0 aliphatic rings. The third-order valence-corrected chi connectivity index (χ3v) is 4.06. The van der Waals surface area contributed by atoms with Crippen LogP contribution in [0.3, 0.4) is 0 Å². The van der Waals surface area contributed by atoms with Crippen molar-refractivity contribution in [3.8, 4) is 11.6 Å². The van der Waals surface area contributed by atoms with Crippen molar-refractivity contribution in [3.63, 3.8) is 0 Å². The highest BCUT2D eigenvalue weighted by molar-refractivity contribution is 6.30. The molecule has 3 rings (SSSR count). The molecule has 0 atom stereocenters. The molecule has 0 aliphatic carbocycles. The minimum absolute atomic E-state index is 0.0173. The lowest BCUT2D eigenvalue weighted by molar-refractivity contribution is -0.120. The minimum Gasteiger partial charge on any atom is -0.493 e. The van der Waals surface area contributed by atoms with Gasteiger partial charge in [0.1, 0.15) is 5.75 Å². The summed E-state index contributed by atoms with van der Waals surface area (Å²) in [7, 11) is 0. The second kappa shape index (κ2) is 7.58. The summed E-state index contributed by atoms with van der Waals surface area (Å²) in [5.41, 5.74) is 1.10.